The zero-order valence-electron chi connectivity index (χ0n) is 20.0. The molecule has 0 atom stereocenters. The molecule has 0 heterocycles. The van der Waals surface area contributed by atoms with Crippen LogP contribution < -0.4 is 0 Å². The fraction of sp³-hybridized carbons (Fsp3) is 0.500. The molecule has 0 unspecified atom stereocenters. The summed E-state index contributed by atoms with van der Waals surface area (Å²) >= 11 is 0. The number of carbonyl (C=O) groups excluding carboxylic acids is 1. The second kappa shape index (κ2) is 9.75. The van der Waals surface area contributed by atoms with Crippen molar-refractivity contribution < 1.29 is 13.2 Å². The Kier molecular flexibility index (Phi) is 7.46. The largest absolute Gasteiger partial charge is 0.337 e. The lowest BCUT2D eigenvalue weighted by Crippen LogP contribution is -2.52. The minimum absolute atomic E-state index is 0.254. The van der Waals surface area contributed by atoms with Crippen LogP contribution in [0.1, 0.15) is 54.9 Å². The average molecular weight is 457 g/mol. The molecule has 3 rings (SSSR count). The molecule has 0 spiro atoms. The Balaban J connectivity index is 1.92. The van der Waals surface area contributed by atoms with E-state index >= 15 is 0 Å². The summed E-state index contributed by atoms with van der Waals surface area (Å²) in [4.78, 5) is 18.0. The fourth-order valence-electron chi connectivity index (χ4n) is 4.70. The van der Waals surface area contributed by atoms with Crippen LogP contribution in [0.15, 0.2) is 47.4 Å². The van der Waals surface area contributed by atoms with E-state index in [0.717, 1.165) is 30.5 Å². The number of carbonyl (C=O) groups is 1. The highest BCUT2D eigenvalue weighted by molar-refractivity contribution is 7.93. The molecular formula is C26H36N2O3S. The lowest BCUT2D eigenvalue weighted by atomic mass is 10.0. The minimum Gasteiger partial charge on any atom is -0.337 e. The SMILES string of the molecule is CCN(Cc1ccc(CN(C)C)cc1)C(=O)C1(S(=O)(=O)c2cc(C)ccc2C)CCCC1. The van der Waals surface area contributed by atoms with Crippen molar-refractivity contribution in [1.82, 2.24) is 9.80 Å². The van der Waals surface area contributed by atoms with Gasteiger partial charge in [-0.3, -0.25) is 4.79 Å². The molecule has 6 heteroatoms. The summed E-state index contributed by atoms with van der Waals surface area (Å²) in [6.07, 6.45) is 2.29. The van der Waals surface area contributed by atoms with Crippen molar-refractivity contribution in [3.8, 4) is 0 Å². The van der Waals surface area contributed by atoms with Crippen molar-refractivity contribution in [2.75, 3.05) is 20.6 Å². The summed E-state index contributed by atoms with van der Waals surface area (Å²) in [6, 6.07) is 13.7. The molecule has 1 amide bonds. The summed E-state index contributed by atoms with van der Waals surface area (Å²) in [5.74, 6) is -0.254. The molecule has 2 aromatic carbocycles. The number of sulfone groups is 1. The number of hydrogen-bond acceptors (Lipinski definition) is 4. The summed E-state index contributed by atoms with van der Waals surface area (Å²) in [5.41, 5.74) is 3.81. The molecule has 174 valence electrons. The summed E-state index contributed by atoms with van der Waals surface area (Å²) < 4.78 is 26.5. The first kappa shape index (κ1) is 24.5. The molecule has 0 bridgehead atoms. The van der Waals surface area contributed by atoms with Gasteiger partial charge in [0.25, 0.3) is 0 Å². The van der Waals surface area contributed by atoms with Crippen LogP contribution in [0, 0.1) is 13.8 Å². The lowest BCUT2D eigenvalue weighted by Gasteiger charge is -2.34. The van der Waals surface area contributed by atoms with Crippen LogP contribution in [0.5, 0.6) is 0 Å². The fourth-order valence-corrected chi connectivity index (χ4v) is 7.14. The van der Waals surface area contributed by atoms with Gasteiger partial charge >= 0.3 is 0 Å². The maximum atomic E-state index is 13.9. The lowest BCUT2D eigenvalue weighted by molar-refractivity contribution is -0.134. The third-order valence-electron chi connectivity index (χ3n) is 6.51. The van der Waals surface area contributed by atoms with E-state index in [1.54, 1.807) is 11.0 Å². The zero-order valence-corrected chi connectivity index (χ0v) is 20.8. The highest BCUT2D eigenvalue weighted by atomic mass is 32.2. The van der Waals surface area contributed by atoms with Crippen LogP contribution in [-0.2, 0) is 27.7 Å². The number of hydrogen-bond donors (Lipinski definition) is 0. The van der Waals surface area contributed by atoms with Crippen molar-refractivity contribution in [2.24, 2.45) is 0 Å². The Morgan fingerprint density at radius 1 is 0.938 bits per heavy atom. The highest BCUT2D eigenvalue weighted by Gasteiger charge is 2.54. The van der Waals surface area contributed by atoms with Crippen LogP contribution in [0.25, 0.3) is 0 Å². The predicted molar refractivity (Wildman–Crippen MR) is 129 cm³/mol. The Hall–Kier alpha value is -2.18. The van der Waals surface area contributed by atoms with Gasteiger partial charge < -0.3 is 9.80 Å². The standard InChI is InChI=1S/C26H36N2O3S/c1-6-28(19-23-13-11-22(12-14-23)18-27(4)5)25(29)26(15-7-8-16-26)32(30,31)24-17-20(2)9-10-21(24)3/h9-14,17H,6-8,15-16,18-19H2,1-5H3. The van der Waals surface area contributed by atoms with Gasteiger partial charge in [-0.05, 0) is 76.0 Å². The van der Waals surface area contributed by atoms with Gasteiger partial charge in [-0.1, -0.05) is 49.2 Å². The van der Waals surface area contributed by atoms with E-state index in [9.17, 15) is 13.2 Å². The molecule has 0 aromatic heterocycles. The first-order chi connectivity index (χ1) is 15.1. The van der Waals surface area contributed by atoms with Crippen LogP contribution in [0.4, 0.5) is 0 Å². The molecule has 1 saturated carbocycles. The number of nitrogens with zero attached hydrogens (tertiary/aromatic N) is 2. The van der Waals surface area contributed by atoms with Gasteiger partial charge in [-0.2, -0.15) is 0 Å². The molecule has 0 aliphatic heterocycles. The topological polar surface area (TPSA) is 57.7 Å². The molecule has 1 aliphatic rings. The summed E-state index contributed by atoms with van der Waals surface area (Å²) in [6.45, 7) is 7.37. The highest BCUT2D eigenvalue weighted by Crippen LogP contribution is 2.43. The van der Waals surface area contributed by atoms with E-state index in [2.05, 4.69) is 17.0 Å². The Morgan fingerprint density at radius 2 is 1.50 bits per heavy atom. The third-order valence-corrected chi connectivity index (χ3v) is 9.14. The van der Waals surface area contributed by atoms with Crippen molar-refractivity contribution in [2.45, 2.75) is 69.2 Å². The first-order valence-corrected chi connectivity index (χ1v) is 12.9. The molecule has 0 radical (unpaired) electrons. The van der Waals surface area contributed by atoms with E-state index < -0.39 is 14.6 Å². The maximum Gasteiger partial charge on any atom is 0.244 e. The molecule has 5 nitrogen and oxygen atoms in total. The quantitative estimate of drug-likeness (QED) is 0.587. The van der Waals surface area contributed by atoms with Crippen LogP contribution >= 0.6 is 0 Å². The normalized spacial score (nSPS) is 15.8. The summed E-state index contributed by atoms with van der Waals surface area (Å²) in [7, 11) is 0.244. The Morgan fingerprint density at radius 3 is 2.03 bits per heavy atom. The van der Waals surface area contributed by atoms with Crippen molar-refractivity contribution in [3.63, 3.8) is 0 Å². The van der Waals surface area contributed by atoms with Gasteiger partial charge in [-0.15, -0.1) is 0 Å². The van der Waals surface area contributed by atoms with Crippen LogP contribution in [-0.4, -0.2) is 49.5 Å². The van der Waals surface area contributed by atoms with E-state index in [4.69, 9.17) is 0 Å². The van der Waals surface area contributed by atoms with Gasteiger partial charge in [0, 0.05) is 19.6 Å². The average Bonchev–Trinajstić information content (AvgIpc) is 3.26. The number of benzene rings is 2. The number of rotatable bonds is 8. The predicted octanol–water partition coefficient (Wildman–Crippen LogP) is 4.50. The van der Waals surface area contributed by atoms with Gasteiger partial charge in [-0.25, -0.2) is 8.42 Å². The van der Waals surface area contributed by atoms with Gasteiger partial charge in [0.2, 0.25) is 5.91 Å². The van der Waals surface area contributed by atoms with E-state index in [-0.39, 0.29) is 5.91 Å². The number of aryl methyl sites for hydroxylation is 2. The first-order valence-electron chi connectivity index (χ1n) is 11.4. The molecule has 0 saturated heterocycles. The van der Waals surface area contributed by atoms with Crippen molar-refractivity contribution in [1.29, 1.82) is 0 Å². The Bertz CT molecular complexity index is 1050. The Labute approximate surface area is 193 Å². The van der Waals surface area contributed by atoms with Crippen LogP contribution in [0.3, 0.4) is 0 Å². The van der Waals surface area contributed by atoms with E-state index in [1.165, 1.54) is 5.56 Å². The number of amides is 1. The zero-order chi connectivity index (χ0) is 23.5. The molecular weight excluding hydrogens is 420 g/mol. The maximum absolute atomic E-state index is 13.9. The second-order valence-electron chi connectivity index (χ2n) is 9.35. The second-order valence-corrected chi connectivity index (χ2v) is 11.6. The molecule has 2 aromatic rings. The van der Waals surface area contributed by atoms with E-state index in [0.29, 0.717) is 36.4 Å². The summed E-state index contributed by atoms with van der Waals surface area (Å²) in [5, 5.41) is 0. The molecule has 32 heavy (non-hydrogen) atoms. The molecule has 1 fully saturated rings. The molecule has 0 N–H and O–H groups in total. The van der Waals surface area contributed by atoms with Crippen molar-refractivity contribution >= 4 is 15.7 Å². The third kappa shape index (κ3) is 4.76. The van der Waals surface area contributed by atoms with Gasteiger partial charge in [0.15, 0.2) is 14.6 Å². The monoisotopic (exact) mass is 456 g/mol. The van der Waals surface area contributed by atoms with Crippen molar-refractivity contribution in [3.05, 3.63) is 64.7 Å². The van der Waals surface area contributed by atoms with Crippen LogP contribution in [0.2, 0.25) is 0 Å². The van der Waals surface area contributed by atoms with Gasteiger partial charge in [0.05, 0.1) is 4.90 Å². The molecule has 1 aliphatic carbocycles. The van der Waals surface area contributed by atoms with E-state index in [1.807, 2.05) is 59.1 Å². The minimum atomic E-state index is -3.82. The smallest absolute Gasteiger partial charge is 0.244 e. The van der Waals surface area contributed by atoms with Gasteiger partial charge in [0.1, 0.15) is 0 Å².